The lowest BCUT2D eigenvalue weighted by atomic mass is 9.91. The van der Waals surface area contributed by atoms with Gasteiger partial charge >= 0.3 is 12.2 Å². The predicted octanol–water partition coefficient (Wildman–Crippen LogP) is 4.59. The summed E-state index contributed by atoms with van der Waals surface area (Å²) >= 11 is 0. The van der Waals surface area contributed by atoms with Crippen molar-refractivity contribution in [3.8, 4) is 0 Å². The molecule has 2 aliphatic heterocycles. The number of alkyl halides is 3. The summed E-state index contributed by atoms with van der Waals surface area (Å²) in [5.41, 5.74) is -0.388. The van der Waals surface area contributed by atoms with E-state index in [-0.39, 0.29) is 24.0 Å². The number of nitrogens with one attached hydrogen (secondary N) is 1. The molecule has 1 aromatic heterocycles. The highest BCUT2D eigenvalue weighted by Gasteiger charge is 2.45. The molecule has 0 aliphatic carbocycles. The lowest BCUT2D eigenvalue weighted by Crippen LogP contribution is -2.48. The molecule has 1 aromatic carbocycles. The van der Waals surface area contributed by atoms with Crippen LogP contribution in [-0.2, 0) is 12.6 Å². The van der Waals surface area contributed by atoms with Crippen LogP contribution < -0.4 is 5.32 Å². The van der Waals surface area contributed by atoms with E-state index in [4.69, 9.17) is 4.52 Å². The van der Waals surface area contributed by atoms with Gasteiger partial charge in [0, 0.05) is 30.1 Å². The Balaban J connectivity index is 1.42. The number of hydrogen-bond acceptors (Lipinski definition) is 4. The van der Waals surface area contributed by atoms with E-state index in [0.29, 0.717) is 23.8 Å². The van der Waals surface area contributed by atoms with Crippen LogP contribution in [0.15, 0.2) is 28.8 Å². The van der Waals surface area contributed by atoms with Gasteiger partial charge in [0.05, 0.1) is 5.56 Å². The fraction of sp³-hybridized carbons (Fsp3) is 0.526. The number of anilines is 1. The first-order chi connectivity index (χ1) is 13.3. The Morgan fingerprint density at radius 3 is 2.39 bits per heavy atom. The van der Waals surface area contributed by atoms with Gasteiger partial charge in [0.15, 0.2) is 5.82 Å². The third-order valence-electron chi connectivity index (χ3n) is 5.58. The molecule has 0 radical (unpaired) electrons. The number of aromatic nitrogens is 2. The molecule has 9 heteroatoms. The van der Waals surface area contributed by atoms with E-state index >= 15 is 0 Å². The van der Waals surface area contributed by atoms with Crippen molar-refractivity contribution in [3.05, 3.63) is 41.5 Å². The molecule has 2 amide bonds. The first-order valence-corrected chi connectivity index (χ1v) is 9.44. The van der Waals surface area contributed by atoms with E-state index in [9.17, 15) is 18.0 Å². The largest absolute Gasteiger partial charge is 0.416 e. The van der Waals surface area contributed by atoms with Crippen molar-refractivity contribution in [3.63, 3.8) is 0 Å². The van der Waals surface area contributed by atoms with Crippen molar-refractivity contribution < 1.29 is 22.5 Å². The topological polar surface area (TPSA) is 71.3 Å². The summed E-state index contributed by atoms with van der Waals surface area (Å²) in [4.78, 5) is 19.0. The van der Waals surface area contributed by atoms with Crippen LogP contribution in [0.4, 0.5) is 23.7 Å². The van der Waals surface area contributed by atoms with E-state index < -0.39 is 11.7 Å². The average Bonchev–Trinajstić information content (AvgIpc) is 3.24. The SMILES string of the molecule is CCc1noc(C2CC3CC[C@H](C2)N3C(=O)Nc2ccc(C(F)(F)F)cc2)n1. The minimum absolute atomic E-state index is 0.0650. The van der Waals surface area contributed by atoms with Crippen LogP contribution in [0.5, 0.6) is 0 Å². The minimum Gasteiger partial charge on any atom is -0.339 e. The number of fused-ring (bicyclic) bond motifs is 2. The summed E-state index contributed by atoms with van der Waals surface area (Å²) in [5, 5.41) is 6.68. The minimum atomic E-state index is -4.39. The first kappa shape index (κ1) is 18.8. The van der Waals surface area contributed by atoms with Gasteiger partial charge in [0.2, 0.25) is 5.89 Å². The Morgan fingerprint density at radius 2 is 1.86 bits per heavy atom. The van der Waals surface area contributed by atoms with Crippen molar-refractivity contribution >= 4 is 11.7 Å². The van der Waals surface area contributed by atoms with Crippen LogP contribution >= 0.6 is 0 Å². The number of halogens is 3. The van der Waals surface area contributed by atoms with Gasteiger partial charge in [0.25, 0.3) is 0 Å². The fourth-order valence-electron chi connectivity index (χ4n) is 4.22. The first-order valence-electron chi connectivity index (χ1n) is 9.44. The highest BCUT2D eigenvalue weighted by atomic mass is 19.4. The Bertz CT molecular complexity index is 836. The highest BCUT2D eigenvalue weighted by molar-refractivity contribution is 5.90. The smallest absolute Gasteiger partial charge is 0.339 e. The summed E-state index contributed by atoms with van der Waals surface area (Å²) < 4.78 is 43.4. The van der Waals surface area contributed by atoms with Gasteiger partial charge in [-0.1, -0.05) is 12.1 Å². The number of urea groups is 1. The van der Waals surface area contributed by atoms with E-state index in [1.807, 2.05) is 11.8 Å². The zero-order chi connectivity index (χ0) is 19.9. The number of benzene rings is 1. The maximum atomic E-state index is 12.7. The summed E-state index contributed by atoms with van der Waals surface area (Å²) in [6.07, 6.45) is -0.377. The molecule has 2 unspecified atom stereocenters. The molecule has 6 nitrogen and oxygen atoms in total. The van der Waals surface area contributed by atoms with Crippen molar-refractivity contribution in [1.82, 2.24) is 15.0 Å². The maximum Gasteiger partial charge on any atom is 0.416 e. The Morgan fingerprint density at radius 1 is 1.21 bits per heavy atom. The lowest BCUT2D eigenvalue weighted by molar-refractivity contribution is -0.137. The number of nitrogens with zero attached hydrogens (tertiary/aromatic N) is 3. The van der Waals surface area contributed by atoms with Crippen LogP contribution in [0.2, 0.25) is 0 Å². The molecule has 0 saturated carbocycles. The van der Waals surface area contributed by atoms with Crippen molar-refractivity contribution in [2.45, 2.75) is 63.2 Å². The molecule has 2 fully saturated rings. The van der Waals surface area contributed by atoms with Crippen LogP contribution in [0, 0.1) is 0 Å². The Kier molecular flexibility index (Phi) is 4.76. The monoisotopic (exact) mass is 394 g/mol. The summed E-state index contributed by atoms with van der Waals surface area (Å²) in [6.45, 7) is 1.96. The number of carbonyl (C=O) groups is 1. The molecule has 3 atom stereocenters. The van der Waals surface area contributed by atoms with Crippen LogP contribution in [0.25, 0.3) is 0 Å². The van der Waals surface area contributed by atoms with Crippen molar-refractivity contribution in [1.29, 1.82) is 0 Å². The molecule has 2 saturated heterocycles. The maximum absolute atomic E-state index is 12.7. The number of piperidine rings is 1. The molecule has 2 aliphatic rings. The second-order valence-corrected chi connectivity index (χ2v) is 7.37. The number of aryl methyl sites for hydroxylation is 1. The van der Waals surface area contributed by atoms with Gasteiger partial charge in [-0.2, -0.15) is 18.2 Å². The van der Waals surface area contributed by atoms with Crippen LogP contribution in [0.1, 0.15) is 55.8 Å². The Hall–Kier alpha value is -2.58. The molecular weight excluding hydrogens is 373 g/mol. The van der Waals surface area contributed by atoms with Crippen LogP contribution in [0.3, 0.4) is 0 Å². The fourth-order valence-corrected chi connectivity index (χ4v) is 4.22. The number of hydrogen-bond donors (Lipinski definition) is 1. The molecule has 28 heavy (non-hydrogen) atoms. The van der Waals surface area contributed by atoms with Crippen LogP contribution in [-0.4, -0.2) is 33.2 Å². The van der Waals surface area contributed by atoms with E-state index in [1.54, 1.807) is 0 Å². The van der Waals surface area contributed by atoms with E-state index in [2.05, 4.69) is 15.5 Å². The molecule has 0 spiro atoms. The predicted molar refractivity (Wildman–Crippen MR) is 94.8 cm³/mol. The molecule has 1 N–H and O–H groups in total. The normalized spacial score (nSPS) is 24.4. The van der Waals surface area contributed by atoms with Crippen molar-refractivity contribution in [2.24, 2.45) is 0 Å². The standard InChI is InChI=1S/C19H21F3N4O2/c1-2-16-24-17(28-25-16)11-9-14-7-8-15(10-11)26(14)18(27)23-13-5-3-12(4-6-13)19(20,21)22/h3-6,11,14-15H,2,7-10H2,1H3,(H,23,27)/t11?,14-,15?/m1/s1. The molecule has 4 rings (SSSR count). The molecular formula is C19H21F3N4O2. The molecule has 2 bridgehead atoms. The van der Waals surface area contributed by atoms with Gasteiger partial charge in [-0.3, -0.25) is 0 Å². The van der Waals surface area contributed by atoms with Gasteiger partial charge in [-0.25, -0.2) is 4.79 Å². The van der Waals surface area contributed by atoms with E-state index in [0.717, 1.165) is 37.8 Å². The molecule has 150 valence electrons. The van der Waals surface area contributed by atoms with E-state index in [1.165, 1.54) is 12.1 Å². The van der Waals surface area contributed by atoms with Crippen molar-refractivity contribution in [2.75, 3.05) is 5.32 Å². The zero-order valence-electron chi connectivity index (χ0n) is 15.4. The van der Waals surface area contributed by atoms with Gasteiger partial charge in [-0.05, 0) is 49.9 Å². The molecule has 2 aromatic rings. The summed E-state index contributed by atoms with van der Waals surface area (Å²) in [5.74, 6) is 1.46. The zero-order valence-corrected chi connectivity index (χ0v) is 15.4. The van der Waals surface area contributed by atoms with Gasteiger partial charge in [0.1, 0.15) is 0 Å². The summed E-state index contributed by atoms with van der Waals surface area (Å²) in [7, 11) is 0. The number of rotatable bonds is 3. The number of carbonyl (C=O) groups excluding carboxylic acids is 1. The van der Waals surface area contributed by atoms with Gasteiger partial charge < -0.3 is 14.7 Å². The van der Waals surface area contributed by atoms with Gasteiger partial charge in [-0.15, -0.1) is 0 Å². The lowest BCUT2D eigenvalue weighted by Gasteiger charge is -2.37. The Labute approximate surface area is 160 Å². The third kappa shape index (κ3) is 3.57. The number of amides is 2. The second-order valence-electron chi connectivity index (χ2n) is 7.37. The summed E-state index contributed by atoms with van der Waals surface area (Å²) in [6, 6.07) is 4.35. The quantitative estimate of drug-likeness (QED) is 0.826. The highest BCUT2D eigenvalue weighted by Crippen LogP contribution is 2.43. The molecule has 3 heterocycles. The third-order valence-corrected chi connectivity index (χ3v) is 5.58. The second kappa shape index (κ2) is 7.10. The average molecular weight is 394 g/mol.